The lowest BCUT2D eigenvalue weighted by molar-refractivity contribution is 0.0944. The van der Waals surface area contributed by atoms with Gasteiger partial charge in [0.05, 0.1) is 6.61 Å². The summed E-state index contributed by atoms with van der Waals surface area (Å²) in [7, 11) is 0. The molecule has 0 aromatic carbocycles. The van der Waals surface area contributed by atoms with Crippen molar-refractivity contribution < 1.29 is 9.90 Å². The van der Waals surface area contributed by atoms with Crippen molar-refractivity contribution in [2.75, 3.05) is 30.3 Å². The molecule has 0 saturated heterocycles. The zero-order valence-electron chi connectivity index (χ0n) is 12.3. The minimum atomic E-state index is -0.208. The van der Waals surface area contributed by atoms with Crippen LogP contribution >= 0.6 is 11.5 Å². The van der Waals surface area contributed by atoms with Crippen molar-refractivity contribution in [2.45, 2.75) is 39.7 Å². The highest BCUT2D eigenvalue weighted by molar-refractivity contribution is 7.11. The zero-order valence-corrected chi connectivity index (χ0v) is 13.2. The number of unbranched alkanes of at least 4 members (excludes halogenated alkanes) is 1. The van der Waals surface area contributed by atoms with Crippen molar-refractivity contribution in [2.24, 2.45) is 0 Å². The molecule has 7 heteroatoms. The molecule has 1 amide bonds. The highest BCUT2D eigenvalue weighted by Gasteiger charge is 2.23. The number of aliphatic hydroxyl groups excluding tert-OH is 1. The summed E-state index contributed by atoms with van der Waals surface area (Å²) in [6, 6.07) is 0.0385. The number of aromatic nitrogens is 1. The van der Waals surface area contributed by atoms with Gasteiger partial charge in [0, 0.05) is 19.1 Å². The molecular weight excluding hydrogens is 276 g/mol. The van der Waals surface area contributed by atoms with Crippen LogP contribution in [0.25, 0.3) is 0 Å². The van der Waals surface area contributed by atoms with Crippen LogP contribution in [0.5, 0.6) is 0 Å². The third-order valence-corrected chi connectivity index (χ3v) is 3.71. The zero-order chi connectivity index (χ0) is 15.1. The van der Waals surface area contributed by atoms with Crippen LogP contribution in [0.3, 0.4) is 0 Å². The second-order valence-corrected chi connectivity index (χ2v) is 5.69. The van der Waals surface area contributed by atoms with Crippen LogP contribution in [-0.4, -0.2) is 41.1 Å². The van der Waals surface area contributed by atoms with Gasteiger partial charge in [-0.05, 0) is 31.8 Å². The number of nitrogens with zero attached hydrogens (tertiary/aromatic N) is 2. The fourth-order valence-electron chi connectivity index (χ4n) is 1.84. The van der Waals surface area contributed by atoms with Gasteiger partial charge in [0.15, 0.2) is 5.82 Å². The Morgan fingerprint density at radius 2 is 2.20 bits per heavy atom. The van der Waals surface area contributed by atoms with E-state index in [1.807, 2.05) is 18.7 Å². The summed E-state index contributed by atoms with van der Waals surface area (Å²) in [5, 5.41) is 12.8. The van der Waals surface area contributed by atoms with Gasteiger partial charge in [-0.1, -0.05) is 13.3 Å². The molecule has 0 spiro atoms. The number of nitrogen functional groups attached to an aromatic ring is 1. The average Bonchev–Trinajstić information content (AvgIpc) is 2.75. The van der Waals surface area contributed by atoms with Gasteiger partial charge in [0.2, 0.25) is 0 Å². The number of aliphatic hydroxyl groups is 1. The highest BCUT2D eigenvalue weighted by atomic mass is 32.1. The second kappa shape index (κ2) is 8.06. The Morgan fingerprint density at radius 1 is 1.50 bits per heavy atom. The van der Waals surface area contributed by atoms with Crippen LogP contribution in [0, 0.1) is 0 Å². The van der Waals surface area contributed by atoms with Gasteiger partial charge >= 0.3 is 0 Å². The molecule has 20 heavy (non-hydrogen) atoms. The number of rotatable bonds is 8. The molecule has 0 saturated carbocycles. The SMILES string of the molecule is CCCCN(CCO)c1snc(N)c1C(=O)NC(C)C. The summed E-state index contributed by atoms with van der Waals surface area (Å²) >= 11 is 1.21. The molecule has 0 radical (unpaired) electrons. The Hall–Kier alpha value is -1.34. The molecule has 1 aromatic heterocycles. The molecule has 1 heterocycles. The molecular formula is C13H24N4O2S. The molecule has 0 aliphatic heterocycles. The van der Waals surface area contributed by atoms with Crippen molar-refractivity contribution in [3.63, 3.8) is 0 Å². The molecule has 0 aliphatic rings. The minimum Gasteiger partial charge on any atom is -0.395 e. The quantitative estimate of drug-likeness (QED) is 0.676. The van der Waals surface area contributed by atoms with Gasteiger partial charge in [-0.3, -0.25) is 4.79 Å². The van der Waals surface area contributed by atoms with E-state index in [-0.39, 0.29) is 24.4 Å². The maximum Gasteiger partial charge on any atom is 0.258 e. The molecule has 0 aliphatic carbocycles. The van der Waals surface area contributed by atoms with Gasteiger partial charge in [0.25, 0.3) is 5.91 Å². The van der Waals surface area contributed by atoms with Crippen molar-refractivity contribution in [1.82, 2.24) is 9.69 Å². The minimum absolute atomic E-state index is 0.0345. The second-order valence-electron chi connectivity index (χ2n) is 4.94. The molecule has 0 atom stereocenters. The largest absolute Gasteiger partial charge is 0.395 e. The molecule has 1 rings (SSSR count). The van der Waals surface area contributed by atoms with Gasteiger partial charge in [-0.25, -0.2) is 0 Å². The smallest absolute Gasteiger partial charge is 0.258 e. The van der Waals surface area contributed by atoms with E-state index in [1.54, 1.807) is 0 Å². The maximum atomic E-state index is 12.2. The average molecular weight is 300 g/mol. The third kappa shape index (κ3) is 4.35. The Kier molecular flexibility index (Phi) is 6.74. The Labute approximate surface area is 124 Å². The number of nitrogens with one attached hydrogen (secondary N) is 1. The number of carbonyl (C=O) groups is 1. The van der Waals surface area contributed by atoms with Crippen LogP contribution in [-0.2, 0) is 0 Å². The maximum absolute atomic E-state index is 12.2. The van der Waals surface area contributed by atoms with Crippen molar-refractivity contribution in [3.05, 3.63) is 5.56 Å². The Balaban J connectivity index is 3.00. The van der Waals surface area contributed by atoms with Crippen LogP contribution in [0.1, 0.15) is 44.0 Å². The summed E-state index contributed by atoms with van der Waals surface area (Å²) in [5.74, 6) is 0.0447. The normalized spacial score (nSPS) is 10.8. The van der Waals surface area contributed by atoms with Gasteiger partial charge in [-0.2, -0.15) is 4.37 Å². The number of hydrogen-bond acceptors (Lipinski definition) is 6. The van der Waals surface area contributed by atoms with Crippen LogP contribution in [0.4, 0.5) is 10.8 Å². The number of amides is 1. The first-order valence-electron chi connectivity index (χ1n) is 6.93. The van der Waals surface area contributed by atoms with Crippen LogP contribution < -0.4 is 16.0 Å². The van der Waals surface area contributed by atoms with E-state index < -0.39 is 0 Å². The Morgan fingerprint density at radius 3 is 2.75 bits per heavy atom. The highest BCUT2D eigenvalue weighted by Crippen LogP contribution is 2.30. The lowest BCUT2D eigenvalue weighted by atomic mass is 10.2. The Bertz CT molecular complexity index is 434. The van der Waals surface area contributed by atoms with Gasteiger partial charge in [-0.15, -0.1) is 0 Å². The molecule has 6 nitrogen and oxygen atoms in total. The van der Waals surface area contributed by atoms with Crippen LogP contribution in [0.2, 0.25) is 0 Å². The first-order valence-corrected chi connectivity index (χ1v) is 7.70. The number of hydrogen-bond donors (Lipinski definition) is 3. The summed E-state index contributed by atoms with van der Waals surface area (Å²) in [6.45, 7) is 7.19. The first-order chi connectivity index (χ1) is 9.51. The summed E-state index contributed by atoms with van der Waals surface area (Å²) < 4.78 is 4.09. The van der Waals surface area contributed by atoms with E-state index in [1.165, 1.54) is 11.5 Å². The summed E-state index contributed by atoms with van der Waals surface area (Å²) in [6.07, 6.45) is 2.03. The third-order valence-electron chi connectivity index (χ3n) is 2.79. The summed E-state index contributed by atoms with van der Waals surface area (Å²) in [4.78, 5) is 14.2. The monoisotopic (exact) mass is 300 g/mol. The van der Waals surface area contributed by atoms with E-state index in [2.05, 4.69) is 16.6 Å². The molecule has 0 fully saturated rings. The predicted octanol–water partition coefficient (Wildman–Crippen LogP) is 1.46. The predicted molar refractivity (Wildman–Crippen MR) is 83.3 cm³/mol. The van der Waals surface area contributed by atoms with Crippen molar-refractivity contribution in [3.8, 4) is 0 Å². The first kappa shape index (κ1) is 16.7. The van der Waals surface area contributed by atoms with Gasteiger partial charge < -0.3 is 21.1 Å². The topological polar surface area (TPSA) is 91.5 Å². The standard InChI is InChI=1S/C13H24N4O2S/c1-4-5-6-17(7-8-18)13-10(11(14)16-20-13)12(19)15-9(2)3/h9,18H,4-8H2,1-3H3,(H2,14,16)(H,15,19). The number of nitrogens with two attached hydrogens (primary N) is 1. The van der Waals surface area contributed by atoms with E-state index in [0.717, 1.165) is 24.4 Å². The molecule has 4 N–H and O–H groups in total. The van der Waals surface area contributed by atoms with E-state index in [4.69, 9.17) is 5.73 Å². The fourth-order valence-corrected chi connectivity index (χ4v) is 2.70. The molecule has 0 bridgehead atoms. The van der Waals surface area contributed by atoms with E-state index in [9.17, 15) is 9.90 Å². The van der Waals surface area contributed by atoms with Crippen LogP contribution in [0.15, 0.2) is 0 Å². The number of carbonyl (C=O) groups excluding carboxylic acids is 1. The molecule has 114 valence electrons. The van der Waals surface area contributed by atoms with E-state index in [0.29, 0.717) is 12.1 Å². The lowest BCUT2D eigenvalue weighted by Gasteiger charge is -2.23. The fraction of sp³-hybridized carbons (Fsp3) is 0.692. The van der Waals surface area contributed by atoms with Gasteiger partial charge in [0.1, 0.15) is 10.6 Å². The van der Waals surface area contributed by atoms with E-state index >= 15 is 0 Å². The molecule has 0 unspecified atom stereocenters. The van der Waals surface area contributed by atoms with Crippen molar-refractivity contribution >= 4 is 28.3 Å². The molecule has 1 aromatic rings. The number of anilines is 2. The summed E-state index contributed by atoms with van der Waals surface area (Å²) in [5.41, 5.74) is 6.25. The van der Waals surface area contributed by atoms with Crippen molar-refractivity contribution in [1.29, 1.82) is 0 Å². The lowest BCUT2D eigenvalue weighted by Crippen LogP contribution is -2.33.